The molecule has 1 aliphatic rings. The van der Waals surface area contributed by atoms with Crippen LogP contribution >= 0.6 is 0 Å². The number of allylic oxidation sites excluding steroid dienone is 1. The van der Waals surface area contributed by atoms with Crippen LogP contribution in [-0.2, 0) is 0 Å². The van der Waals surface area contributed by atoms with E-state index in [0.29, 0.717) is 22.8 Å². The minimum Gasteiger partial charge on any atom is -0.507 e. The van der Waals surface area contributed by atoms with E-state index < -0.39 is 11.4 Å². The maximum absolute atomic E-state index is 12.7. The minimum absolute atomic E-state index is 0.0223. The molecule has 0 bridgehead atoms. The van der Waals surface area contributed by atoms with Crippen LogP contribution in [0.5, 0.6) is 28.7 Å². The lowest BCUT2D eigenvalue weighted by atomic mass is 9.91. The molecule has 0 spiro atoms. The second kappa shape index (κ2) is 8.10. The van der Waals surface area contributed by atoms with Gasteiger partial charge in [0.15, 0.2) is 23.1 Å². The molecule has 0 radical (unpaired) electrons. The highest BCUT2D eigenvalue weighted by Gasteiger charge is 2.33. The zero-order valence-corrected chi connectivity index (χ0v) is 17.6. The van der Waals surface area contributed by atoms with Gasteiger partial charge in [-0.3, -0.25) is 9.59 Å². The molecule has 0 unspecified atom stereocenters. The molecule has 3 rings (SSSR count). The molecule has 158 valence electrons. The average Bonchev–Trinajstić information content (AvgIpc) is 2.69. The Bertz CT molecular complexity index is 1010. The summed E-state index contributed by atoms with van der Waals surface area (Å²) >= 11 is 0. The number of fused-ring (bicyclic) bond motifs is 1. The van der Waals surface area contributed by atoms with E-state index >= 15 is 0 Å². The van der Waals surface area contributed by atoms with Gasteiger partial charge in [0, 0.05) is 6.07 Å². The number of carbonyl (C=O) groups is 2. The summed E-state index contributed by atoms with van der Waals surface area (Å²) in [5, 5.41) is 10.3. The van der Waals surface area contributed by atoms with Gasteiger partial charge >= 0.3 is 0 Å². The van der Waals surface area contributed by atoms with Gasteiger partial charge in [-0.25, -0.2) is 0 Å². The lowest BCUT2D eigenvalue weighted by Gasteiger charge is -2.31. The molecule has 0 fully saturated rings. The number of rotatable bonds is 6. The lowest BCUT2D eigenvalue weighted by molar-refractivity contribution is 0.0619. The third-order valence-corrected chi connectivity index (χ3v) is 4.75. The third-order valence-electron chi connectivity index (χ3n) is 4.75. The van der Waals surface area contributed by atoms with Crippen molar-refractivity contribution < 1.29 is 33.6 Å². The predicted octanol–water partition coefficient (Wildman–Crippen LogP) is 4.06. The minimum atomic E-state index is -0.658. The van der Waals surface area contributed by atoms with E-state index in [0.717, 1.165) is 0 Å². The van der Waals surface area contributed by atoms with Gasteiger partial charge in [-0.2, -0.15) is 0 Å². The lowest BCUT2D eigenvalue weighted by Crippen LogP contribution is -2.36. The number of ketones is 2. The van der Waals surface area contributed by atoms with Crippen LogP contribution in [0.1, 0.15) is 46.5 Å². The van der Waals surface area contributed by atoms with Gasteiger partial charge in [-0.15, -0.1) is 0 Å². The molecule has 1 heterocycles. The fraction of sp³-hybridized carbons (Fsp3) is 0.304. The molecule has 0 amide bonds. The number of carbonyl (C=O) groups excluding carboxylic acids is 2. The van der Waals surface area contributed by atoms with Crippen molar-refractivity contribution in [3.63, 3.8) is 0 Å². The summed E-state index contributed by atoms with van der Waals surface area (Å²) in [6.45, 7) is 3.59. The normalized spacial score (nSPS) is 14.8. The van der Waals surface area contributed by atoms with Gasteiger partial charge in [0.1, 0.15) is 17.1 Å². The van der Waals surface area contributed by atoms with E-state index in [4.69, 9.17) is 18.9 Å². The molecule has 1 N–H and O–H groups in total. The van der Waals surface area contributed by atoms with Crippen LogP contribution in [0.2, 0.25) is 0 Å². The first kappa shape index (κ1) is 21.2. The summed E-state index contributed by atoms with van der Waals surface area (Å²) in [5.41, 5.74) is 0.288. The molecule has 30 heavy (non-hydrogen) atoms. The molecule has 1 aliphatic heterocycles. The monoisotopic (exact) mass is 412 g/mol. The van der Waals surface area contributed by atoms with Crippen molar-refractivity contribution >= 4 is 17.6 Å². The van der Waals surface area contributed by atoms with Crippen LogP contribution in [0.15, 0.2) is 30.3 Å². The molecule has 0 saturated carbocycles. The highest BCUT2D eigenvalue weighted by Crippen LogP contribution is 2.39. The summed E-state index contributed by atoms with van der Waals surface area (Å²) in [4.78, 5) is 25.1. The number of methoxy groups -OCH3 is 3. The molecule has 0 aromatic heterocycles. The molecule has 0 atom stereocenters. The number of phenols is 1. The number of ether oxygens (including phenoxy) is 4. The van der Waals surface area contributed by atoms with Gasteiger partial charge in [0.25, 0.3) is 0 Å². The predicted molar refractivity (Wildman–Crippen MR) is 111 cm³/mol. The SMILES string of the molecule is COc1cc(/C=C/C(=O)c2cc3c(cc2O)OC(C)(C)CC3=O)cc(OC)c1OC. The molecule has 7 heteroatoms. The smallest absolute Gasteiger partial charge is 0.203 e. The van der Waals surface area contributed by atoms with E-state index in [-0.39, 0.29) is 34.8 Å². The maximum Gasteiger partial charge on any atom is 0.203 e. The fourth-order valence-corrected chi connectivity index (χ4v) is 3.34. The molecule has 2 aromatic carbocycles. The summed E-state index contributed by atoms with van der Waals surface area (Å²) in [5.74, 6) is 0.775. The Kier molecular flexibility index (Phi) is 5.73. The fourth-order valence-electron chi connectivity index (χ4n) is 3.34. The van der Waals surface area contributed by atoms with Crippen molar-refractivity contribution in [2.75, 3.05) is 21.3 Å². The average molecular weight is 412 g/mol. The molecular formula is C23H24O7. The summed E-state index contributed by atoms with van der Waals surface area (Å²) in [6, 6.07) is 6.08. The molecule has 7 nitrogen and oxygen atoms in total. The number of Topliss-reactive ketones (excluding diaryl/α,β-unsaturated/α-hetero) is 1. The first-order chi connectivity index (χ1) is 14.2. The van der Waals surface area contributed by atoms with Gasteiger partial charge < -0.3 is 24.1 Å². The Hall–Kier alpha value is -3.48. The van der Waals surface area contributed by atoms with Gasteiger partial charge in [0.2, 0.25) is 5.75 Å². The Morgan fingerprint density at radius 3 is 2.27 bits per heavy atom. The number of hydrogen-bond donors (Lipinski definition) is 1. The first-order valence-corrected chi connectivity index (χ1v) is 9.30. The largest absolute Gasteiger partial charge is 0.507 e. The van der Waals surface area contributed by atoms with E-state index in [1.165, 1.54) is 39.5 Å². The third kappa shape index (κ3) is 4.10. The molecule has 0 saturated heterocycles. The van der Waals surface area contributed by atoms with Crippen LogP contribution in [0.25, 0.3) is 6.08 Å². The number of phenolic OH excluding ortho intramolecular Hbond substituents is 1. The van der Waals surface area contributed by atoms with Gasteiger partial charge in [-0.1, -0.05) is 6.08 Å². The van der Waals surface area contributed by atoms with Crippen molar-refractivity contribution in [1.29, 1.82) is 0 Å². The van der Waals surface area contributed by atoms with Crippen LogP contribution < -0.4 is 18.9 Å². The van der Waals surface area contributed by atoms with Crippen molar-refractivity contribution in [2.24, 2.45) is 0 Å². The number of hydrogen-bond acceptors (Lipinski definition) is 7. The van der Waals surface area contributed by atoms with Crippen LogP contribution in [0.4, 0.5) is 0 Å². The maximum atomic E-state index is 12.7. The van der Waals surface area contributed by atoms with E-state index in [1.54, 1.807) is 32.1 Å². The van der Waals surface area contributed by atoms with Crippen LogP contribution in [0.3, 0.4) is 0 Å². The van der Waals surface area contributed by atoms with Gasteiger partial charge in [0.05, 0.1) is 38.9 Å². The molecule has 0 aliphatic carbocycles. The first-order valence-electron chi connectivity index (χ1n) is 9.30. The second-order valence-electron chi connectivity index (χ2n) is 7.48. The Labute approximate surface area is 174 Å². The van der Waals surface area contributed by atoms with Gasteiger partial charge in [-0.05, 0) is 43.7 Å². The summed E-state index contributed by atoms with van der Waals surface area (Å²) < 4.78 is 21.7. The Morgan fingerprint density at radius 2 is 1.70 bits per heavy atom. The Balaban J connectivity index is 1.93. The highest BCUT2D eigenvalue weighted by molar-refractivity contribution is 6.11. The zero-order chi connectivity index (χ0) is 22.1. The quantitative estimate of drug-likeness (QED) is 0.565. The summed E-state index contributed by atoms with van der Waals surface area (Å²) in [6.07, 6.45) is 3.06. The molecular weight excluding hydrogens is 388 g/mol. The van der Waals surface area contributed by atoms with Crippen molar-refractivity contribution in [3.8, 4) is 28.7 Å². The van der Waals surface area contributed by atoms with Crippen LogP contribution in [-0.4, -0.2) is 43.6 Å². The number of benzene rings is 2. The Morgan fingerprint density at radius 1 is 1.07 bits per heavy atom. The van der Waals surface area contributed by atoms with Crippen molar-refractivity contribution in [1.82, 2.24) is 0 Å². The standard InChI is InChI=1S/C23H24O7/c1-23(2)12-18(26)15-10-14(17(25)11-19(15)30-23)16(24)7-6-13-8-20(27-3)22(29-5)21(9-13)28-4/h6-11,25H,12H2,1-5H3/b7-6+. The van der Waals surface area contributed by atoms with Crippen molar-refractivity contribution in [3.05, 3.63) is 47.0 Å². The number of aromatic hydroxyl groups is 1. The summed E-state index contributed by atoms with van der Waals surface area (Å²) in [7, 11) is 4.51. The second-order valence-corrected chi connectivity index (χ2v) is 7.48. The highest BCUT2D eigenvalue weighted by atomic mass is 16.5. The van der Waals surface area contributed by atoms with E-state index in [1.807, 2.05) is 0 Å². The zero-order valence-electron chi connectivity index (χ0n) is 17.6. The topological polar surface area (TPSA) is 91.3 Å². The molecule has 2 aromatic rings. The van der Waals surface area contributed by atoms with Crippen LogP contribution in [0, 0.1) is 0 Å². The van der Waals surface area contributed by atoms with E-state index in [9.17, 15) is 14.7 Å². The van der Waals surface area contributed by atoms with E-state index in [2.05, 4.69) is 0 Å². The van der Waals surface area contributed by atoms with Crippen molar-refractivity contribution in [2.45, 2.75) is 25.9 Å².